The van der Waals surface area contributed by atoms with Crippen LogP contribution in [-0.4, -0.2) is 28.6 Å². The normalized spacial score (nSPS) is 33.5. The van der Waals surface area contributed by atoms with E-state index < -0.39 is 11.0 Å². The molecule has 2 unspecified atom stereocenters. The van der Waals surface area contributed by atoms with Gasteiger partial charge in [0, 0.05) is 30.1 Å². The lowest BCUT2D eigenvalue weighted by Crippen LogP contribution is -2.61. The lowest BCUT2D eigenvalue weighted by Gasteiger charge is -2.53. The van der Waals surface area contributed by atoms with Gasteiger partial charge in [0.15, 0.2) is 0 Å². The Labute approximate surface area is 117 Å². The van der Waals surface area contributed by atoms with Gasteiger partial charge in [0.25, 0.3) is 0 Å². The topological polar surface area (TPSA) is 64.9 Å². The zero-order valence-electron chi connectivity index (χ0n) is 11.0. The van der Waals surface area contributed by atoms with Crippen molar-refractivity contribution in [3.63, 3.8) is 0 Å². The number of benzene rings is 1. The van der Waals surface area contributed by atoms with Gasteiger partial charge in [-0.15, -0.1) is 0 Å². The van der Waals surface area contributed by atoms with Crippen LogP contribution in [0.1, 0.15) is 24.0 Å². The summed E-state index contributed by atoms with van der Waals surface area (Å²) in [5.74, 6) is 0.237. The van der Waals surface area contributed by atoms with E-state index in [9.17, 15) is 10.2 Å². The van der Waals surface area contributed by atoms with Crippen molar-refractivity contribution in [1.82, 2.24) is 5.32 Å². The predicted molar refractivity (Wildman–Crippen MR) is 77.6 cm³/mol. The van der Waals surface area contributed by atoms with E-state index in [0.717, 1.165) is 29.8 Å². The highest BCUT2D eigenvalue weighted by Gasteiger charge is 2.56. The molecule has 1 aliphatic carbocycles. The van der Waals surface area contributed by atoms with Gasteiger partial charge in [-0.1, -0.05) is 6.07 Å². The average molecular weight is 268 g/mol. The summed E-state index contributed by atoms with van der Waals surface area (Å²) < 4.78 is 0. The van der Waals surface area contributed by atoms with Crippen LogP contribution in [-0.2, 0) is 5.41 Å². The van der Waals surface area contributed by atoms with Gasteiger partial charge in [-0.25, -0.2) is 0 Å². The van der Waals surface area contributed by atoms with Crippen molar-refractivity contribution in [3.8, 4) is 5.75 Å². The maximum atomic E-state index is 11.3. The molecule has 1 saturated heterocycles. The van der Waals surface area contributed by atoms with Gasteiger partial charge in [0.1, 0.15) is 11.4 Å². The summed E-state index contributed by atoms with van der Waals surface area (Å²) in [7, 11) is 0. The lowest BCUT2D eigenvalue weighted by atomic mass is 9.57. The van der Waals surface area contributed by atoms with Gasteiger partial charge in [0.2, 0.25) is 0 Å². The zero-order chi connectivity index (χ0) is 13.8. The first kappa shape index (κ1) is 11.7. The van der Waals surface area contributed by atoms with Gasteiger partial charge >= 0.3 is 0 Å². The Balaban J connectivity index is 2.07. The van der Waals surface area contributed by atoms with Crippen LogP contribution < -0.4 is 5.32 Å². The minimum atomic E-state index is -1.08. The van der Waals surface area contributed by atoms with E-state index in [1.807, 2.05) is 18.4 Å². The second kappa shape index (κ2) is 3.73. The number of phenols is 1. The Hall–Kier alpha value is -2.07. The largest absolute Gasteiger partial charge is 0.508 e. The molecule has 3 aliphatic rings. The first-order valence-electron chi connectivity index (χ1n) is 6.87. The van der Waals surface area contributed by atoms with Crippen LogP contribution in [0.5, 0.6) is 5.75 Å². The van der Waals surface area contributed by atoms with Crippen LogP contribution in [0.2, 0.25) is 0 Å². The molecule has 2 bridgehead atoms. The Morgan fingerprint density at radius 2 is 2.20 bits per heavy atom. The van der Waals surface area contributed by atoms with Crippen LogP contribution in [0.3, 0.4) is 0 Å². The molecule has 2 heterocycles. The van der Waals surface area contributed by atoms with Gasteiger partial charge in [-0.3, -0.25) is 4.99 Å². The molecule has 2 aliphatic heterocycles. The molecule has 0 spiro atoms. The highest BCUT2D eigenvalue weighted by molar-refractivity contribution is 5.74. The molecule has 20 heavy (non-hydrogen) atoms. The van der Waals surface area contributed by atoms with Crippen LogP contribution >= 0.6 is 0 Å². The number of fused-ring (bicyclic) bond motifs is 1. The zero-order valence-corrected chi connectivity index (χ0v) is 11.0. The summed E-state index contributed by atoms with van der Waals surface area (Å²) in [6.45, 7) is 0.810. The number of piperidine rings is 1. The van der Waals surface area contributed by atoms with E-state index in [-0.39, 0.29) is 5.75 Å². The fraction of sp³-hybridized carbons (Fsp3) is 0.312. The quantitative estimate of drug-likeness (QED) is 0.671. The second-order valence-corrected chi connectivity index (χ2v) is 5.71. The number of aromatic hydroxyl groups is 1. The average Bonchev–Trinajstić information content (AvgIpc) is 2.60. The molecule has 4 heteroatoms. The van der Waals surface area contributed by atoms with Crippen molar-refractivity contribution in [1.29, 1.82) is 0 Å². The van der Waals surface area contributed by atoms with Gasteiger partial charge in [-0.2, -0.15) is 0 Å². The van der Waals surface area contributed by atoms with Crippen molar-refractivity contribution in [2.45, 2.75) is 23.9 Å². The van der Waals surface area contributed by atoms with Crippen LogP contribution in [0.15, 0.2) is 41.2 Å². The number of hydrogen-bond donors (Lipinski definition) is 3. The first-order valence-corrected chi connectivity index (χ1v) is 6.87. The van der Waals surface area contributed by atoms with E-state index >= 15 is 0 Å². The third-order valence-corrected chi connectivity index (χ3v) is 4.81. The molecule has 102 valence electrons. The molecule has 4 rings (SSSR count). The van der Waals surface area contributed by atoms with Crippen LogP contribution in [0.25, 0.3) is 6.08 Å². The van der Waals surface area contributed by atoms with Crippen molar-refractivity contribution in [2.75, 3.05) is 6.54 Å². The number of aliphatic imine (C=N–C) groups is 1. The van der Waals surface area contributed by atoms with E-state index in [2.05, 4.69) is 10.3 Å². The molecule has 1 aromatic rings. The minimum absolute atomic E-state index is 0.237. The third-order valence-electron chi connectivity index (χ3n) is 4.81. The van der Waals surface area contributed by atoms with E-state index in [1.54, 1.807) is 24.4 Å². The molecular formula is C16H16N2O2. The smallest absolute Gasteiger partial charge is 0.134 e. The van der Waals surface area contributed by atoms with Gasteiger partial charge < -0.3 is 15.5 Å². The molecule has 3 N–H and O–H groups in total. The summed E-state index contributed by atoms with van der Waals surface area (Å²) in [5.41, 5.74) is 1.35. The Morgan fingerprint density at radius 1 is 1.30 bits per heavy atom. The monoisotopic (exact) mass is 268 g/mol. The lowest BCUT2D eigenvalue weighted by molar-refractivity contribution is 0.0143. The van der Waals surface area contributed by atoms with Crippen LogP contribution in [0, 0.1) is 0 Å². The number of hydrogen-bond acceptors (Lipinski definition) is 4. The maximum absolute atomic E-state index is 11.3. The summed E-state index contributed by atoms with van der Waals surface area (Å²) in [5, 5.41) is 24.5. The van der Waals surface area contributed by atoms with E-state index in [4.69, 9.17) is 0 Å². The maximum Gasteiger partial charge on any atom is 0.134 e. The SMILES string of the molecule is Oc1ccc2c(c1)C13CC=NC=CC1(O)C(=C2)NCC3. The molecule has 0 saturated carbocycles. The number of aliphatic hydroxyl groups is 1. The molecule has 1 fully saturated rings. The number of nitrogens with zero attached hydrogens (tertiary/aromatic N) is 1. The number of nitrogens with one attached hydrogen (secondary N) is 1. The molecule has 2 atom stereocenters. The van der Waals surface area contributed by atoms with Gasteiger partial charge in [-0.05, 0) is 48.3 Å². The van der Waals surface area contributed by atoms with Crippen molar-refractivity contribution >= 4 is 12.3 Å². The Kier molecular flexibility index (Phi) is 2.19. The molecular weight excluding hydrogens is 252 g/mol. The molecule has 4 nitrogen and oxygen atoms in total. The standard InChI is InChI=1S/C16H16N2O2/c19-12-2-1-11-9-14-16(20)5-7-17-6-3-15(16,4-8-18-14)13(11)10-12/h1-2,5-7,9-10,18-20H,3-4,8H2. The van der Waals surface area contributed by atoms with E-state index in [1.165, 1.54) is 0 Å². The summed E-state index contributed by atoms with van der Waals surface area (Å²) in [4.78, 5) is 4.21. The molecule has 0 amide bonds. The van der Waals surface area contributed by atoms with Crippen molar-refractivity contribution in [2.24, 2.45) is 4.99 Å². The third kappa shape index (κ3) is 1.27. The highest BCUT2D eigenvalue weighted by Crippen LogP contribution is 2.53. The highest BCUT2D eigenvalue weighted by atomic mass is 16.3. The fourth-order valence-corrected chi connectivity index (χ4v) is 3.77. The predicted octanol–water partition coefficient (Wildman–Crippen LogP) is 1.70. The molecule has 1 aromatic carbocycles. The van der Waals surface area contributed by atoms with Crippen molar-refractivity contribution < 1.29 is 10.2 Å². The Morgan fingerprint density at radius 3 is 3.10 bits per heavy atom. The van der Waals surface area contributed by atoms with Crippen molar-refractivity contribution in [3.05, 3.63) is 47.3 Å². The first-order chi connectivity index (χ1) is 9.66. The second-order valence-electron chi connectivity index (χ2n) is 5.71. The fourth-order valence-electron chi connectivity index (χ4n) is 3.77. The molecule has 0 radical (unpaired) electrons. The summed E-state index contributed by atoms with van der Waals surface area (Å²) >= 11 is 0. The van der Waals surface area contributed by atoms with Crippen LogP contribution in [0.4, 0.5) is 0 Å². The molecule has 0 aromatic heterocycles. The van der Waals surface area contributed by atoms with Gasteiger partial charge in [0.05, 0.1) is 0 Å². The number of phenolic OH excluding ortho intramolecular Hbond substituents is 1. The summed E-state index contributed by atoms with van der Waals surface area (Å²) in [6.07, 6.45) is 8.72. The number of rotatable bonds is 0. The Bertz CT molecular complexity index is 677. The summed E-state index contributed by atoms with van der Waals surface area (Å²) in [6, 6.07) is 5.38. The van der Waals surface area contributed by atoms with E-state index in [0.29, 0.717) is 6.42 Å². The minimum Gasteiger partial charge on any atom is -0.508 e.